The van der Waals surface area contributed by atoms with Crippen LogP contribution >= 0.6 is 0 Å². The number of nitrogens with one attached hydrogen (secondary N) is 1. The summed E-state index contributed by atoms with van der Waals surface area (Å²) in [6.07, 6.45) is 2.71. The number of esters is 2. The zero-order chi connectivity index (χ0) is 14.8. The molecule has 0 spiro atoms. The minimum Gasteiger partial charge on any atom is -0.466 e. The van der Waals surface area contributed by atoms with E-state index in [1.54, 1.807) is 13.8 Å². The third-order valence-corrected chi connectivity index (χ3v) is 4.07. The fraction of sp³-hybridized carbons (Fsp3) is 0.786. The fourth-order valence-corrected chi connectivity index (χ4v) is 2.77. The minimum absolute atomic E-state index is 0.228. The molecule has 2 fully saturated rings. The number of carbonyl (C=O) groups is 3. The van der Waals surface area contributed by atoms with Gasteiger partial charge < -0.3 is 14.8 Å². The van der Waals surface area contributed by atoms with Gasteiger partial charge in [0, 0.05) is 0 Å². The van der Waals surface area contributed by atoms with Gasteiger partial charge in [0.25, 0.3) is 0 Å². The molecular formula is C14H21NO5. The molecule has 6 nitrogen and oxygen atoms in total. The van der Waals surface area contributed by atoms with Crippen molar-refractivity contribution in [3.63, 3.8) is 0 Å². The van der Waals surface area contributed by atoms with Gasteiger partial charge in [-0.25, -0.2) is 0 Å². The number of amides is 1. The number of carbonyl (C=O) groups excluding carboxylic acids is 3. The predicted molar refractivity (Wildman–Crippen MR) is 69.7 cm³/mol. The summed E-state index contributed by atoms with van der Waals surface area (Å²) in [5.74, 6) is -1.15. The van der Waals surface area contributed by atoms with E-state index in [0.717, 1.165) is 25.7 Å². The Balaban J connectivity index is 1.93. The molecule has 20 heavy (non-hydrogen) atoms. The first-order valence-corrected chi connectivity index (χ1v) is 7.13. The molecule has 1 amide bonds. The molecule has 0 bridgehead atoms. The second kappa shape index (κ2) is 5.42. The maximum Gasteiger partial charge on any atom is 0.315 e. The topological polar surface area (TPSA) is 81.7 Å². The lowest BCUT2D eigenvalue weighted by Crippen LogP contribution is -2.48. The third-order valence-electron chi connectivity index (χ3n) is 4.07. The fourth-order valence-electron chi connectivity index (χ4n) is 2.77. The van der Waals surface area contributed by atoms with Gasteiger partial charge in [-0.1, -0.05) is 0 Å². The summed E-state index contributed by atoms with van der Waals surface area (Å²) >= 11 is 0. The molecule has 2 saturated carbocycles. The monoisotopic (exact) mass is 283 g/mol. The molecule has 0 heterocycles. The first-order chi connectivity index (χ1) is 9.49. The smallest absolute Gasteiger partial charge is 0.315 e. The van der Waals surface area contributed by atoms with Gasteiger partial charge in [-0.3, -0.25) is 14.4 Å². The normalized spacial score (nSPS) is 20.7. The molecule has 0 aromatic heterocycles. The van der Waals surface area contributed by atoms with Crippen LogP contribution in [0.2, 0.25) is 0 Å². The molecule has 6 heteroatoms. The van der Waals surface area contributed by atoms with E-state index in [2.05, 4.69) is 5.32 Å². The lowest BCUT2D eigenvalue weighted by molar-refractivity contribution is -0.151. The van der Waals surface area contributed by atoms with Crippen LogP contribution in [-0.2, 0) is 23.9 Å². The molecule has 0 aromatic rings. The van der Waals surface area contributed by atoms with Crippen molar-refractivity contribution in [2.75, 3.05) is 13.2 Å². The largest absolute Gasteiger partial charge is 0.466 e. The van der Waals surface area contributed by atoms with Crippen molar-refractivity contribution in [3.05, 3.63) is 0 Å². The average Bonchev–Trinajstić information content (AvgIpc) is 3.23. The SMILES string of the molecule is CCOC(=O)CC(=O)NC1(C2(C(=O)OCC)CC2)CC1. The summed E-state index contributed by atoms with van der Waals surface area (Å²) in [5.41, 5.74) is -1.06. The summed E-state index contributed by atoms with van der Waals surface area (Å²) in [4.78, 5) is 35.2. The first-order valence-electron chi connectivity index (χ1n) is 7.13. The molecule has 0 saturated heterocycles. The molecule has 0 unspecified atom stereocenters. The second-order valence-corrected chi connectivity index (χ2v) is 5.41. The number of hydrogen-bond acceptors (Lipinski definition) is 5. The van der Waals surface area contributed by atoms with Crippen LogP contribution in [0.25, 0.3) is 0 Å². The highest BCUT2D eigenvalue weighted by Crippen LogP contribution is 2.64. The predicted octanol–water partition coefficient (Wildman–Crippen LogP) is 0.932. The van der Waals surface area contributed by atoms with E-state index in [-0.39, 0.29) is 24.9 Å². The molecule has 2 aliphatic rings. The van der Waals surface area contributed by atoms with Crippen LogP contribution in [0.4, 0.5) is 0 Å². The highest BCUT2D eigenvalue weighted by atomic mass is 16.5. The van der Waals surface area contributed by atoms with Gasteiger partial charge in [0.1, 0.15) is 6.42 Å². The molecule has 2 rings (SSSR count). The van der Waals surface area contributed by atoms with E-state index in [4.69, 9.17) is 9.47 Å². The van der Waals surface area contributed by atoms with Gasteiger partial charge in [-0.05, 0) is 39.5 Å². The summed E-state index contributed by atoms with van der Waals surface area (Å²) in [7, 11) is 0. The third kappa shape index (κ3) is 2.64. The second-order valence-electron chi connectivity index (χ2n) is 5.41. The minimum atomic E-state index is -0.562. The number of ether oxygens (including phenoxy) is 2. The van der Waals surface area contributed by atoms with Crippen molar-refractivity contribution < 1.29 is 23.9 Å². The van der Waals surface area contributed by atoms with E-state index in [1.807, 2.05) is 0 Å². The Kier molecular flexibility index (Phi) is 4.01. The van der Waals surface area contributed by atoms with Crippen LogP contribution in [0.15, 0.2) is 0 Å². The molecule has 0 aliphatic heterocycles. The Morgan fingerprint density at radius 3 is 2.05 bits per heavy atom. The van der Waals surface area contributed by atoms with Crippen molar-refractivity contribution in [3.8, 4) is 0 Å². The standard InChI is InChI=1S/C14H21NO5/c1-3-19-11(17)9-10(16)15-14(7-8-14)13(5-6-13)12(18)20-4-2/h3-9H2,1-2H3,(H,15,16). The van der Waals surface area contributed by atoms with Crippen molar-refractivity contribution >= 4 is 17.8 Å². The Labute approximate surface area is 118 Å². The Morgan fingerprint density at radius 2 is 1.60 bits per heavy atom. The summed E-state index contributed by atoms with van der Waals surface area (Å²) < 4.78 is 9.86. The van der Waals surface area contributed by atoms with Crippen molar-refractivity contribution in [1.29, 1.82) is 0 Å². The maximum atomic E-state index is 12.1. The lowest BCUT2D eigenvalue weighted by Gasteiger charge is -2.26. The summed E-state index contributed by atoms with van der Waals surface area (Å²) in [6, 6.07) is 0. The lowest BCUT2D eigenvalue weighted by atomic mass is 9.93. The quantitative estimate of drug-likeness (QED) is 0.555. The van der Waals surface area contributed by atoms with E-state index in [9.17, 15) is 14.4 Å². The Bertz CT molecular complexity index is 423. The molecule has 0 aromatic carbocycles. The Morgan fingerprint density at radius 1 is 1.00 bits per heavy atom. The maximum absolute atomic E-state index is 12.1. The van der Waals surface area contributed by atoms with E-state index >= 15 is 0 Å². The van der Waals surface area contributed by atoms with Crippen LogP contribution in [0.1, 0.15) is 46.0 Å². The van der Waals surface area contributed by atoms with Gasteiger partial charge in [0.05, 0.1) is 24.2 Å². The van der Waals surface area contributed by atoms with E-state index in [1.165, 1.54) is 0 Å². The van der Waals surface area contributed by atoms with Gasteiger partial charge >= 0.3 is 11.9 Å². The summed E-state index contributed by atoms with van der Waals surface area (Å²) in [5, 5.41) is 2.86. The molecule has 2 aliphatic carbocycles. The number of hydrogen-bond donors (Lipinski definition) is 1. The van der Waals surface area contributed by atoms with Gasteiger partial charge in [-0.2, -0.15) is 0 Å². The van der Waals surface area contributed by atoms with Crippen LogP contribution < -0.4 is 5.32 Å². The molecule has 0 atom stereocenters. The average molecular weight is 283 g/mol. The molecular weight excluding hydrogens is 262 g/mol. The van der Waals surface area contributed by atoms with Gasteiger partial charge in [0.15, 0.2) is 0 Å². The Hall–Kier alpha value is -1.59. The van der Waals surface area contributed by atoms with Gasteiger partial charge in [0.2, 0.25) is 5.91 Å². The van der Waals surface area contributed by atoms with Crippen LogP contribution in [0.5, 0.6) is 0 Å². The van der Waals surface area contributed by atoms with E-state index < -0.39 is 16.9 Å². The highest BCUT2D eigenvalue weighted by Gasteiger charge is 2.71. The molecule has 112 valence electrons. The van der Waals surface area contributed by atoms with Crippen LogP contribution in [0, 0.1) is 5.41 Å². The number of rotatable bonds is 7. The zero-order valence-corrected chi connectivity index (χ0v) is 12.0. The first kappa shape index (κ1) is 14.8. The summed E-state index contributed by atoms with van der Waals surface area (Å²) in [6.45, 7) is 4.06. The van der Waals surface area contributed by atoms with Crippen molar-refractivity contribution in [1.82, 2.24) is 5.32 Å². The van der Waals surface area contributed by atoms with Gasteiger partial charge in [-0.15, -0.1) is 0 Å². The molecule has 1 N–H and O–H groups in total. The highest BCUT2D eigenvalue weighted by molar-refractivity contribution is 5.95. The van der Waals surface area contributed by atoms with Crippen molar-refractivity contribution in [2.24, 2.45) is 5.41 Å². The van der Waals surface area contributed by atoms with Crippen LogP contribution in [0.3, 0.4) is 0 Å². The zero-order valence-electron chi connectivity index (χ0n) is 12.0. The molecule has 0 radical (unpaired) electrons. The van der Waals surface area contributed by atoms with E-state index in [0.29, 0.717) is 6.61 Å². The van der Waals surface area contributed by atoms with Crippen LogP contribution in [-0.4, -0.2) is 36.6 Å². The van der Waals surface area contributed by atoms with Crippen molar-refractivity contribution in [2.45, 2.75) is 51.5 Å².